The number of hydrogen-bond acceptors (Lipinski definition) is 3. The molecule has 1 fully saturated rings. The Hall–Kier alpha value is -1.87. The monoisotopic (exact) mass is 510 g/mol. The van der Waals surface area contributed by atoms with Crippen LogP contribution in [0.3, 0.4) is 0 Å². The molecule has 0 saturated heterocycles. The van der Waals surface area contributed by atoms with Gasteiger partial charge in [0, 0.05) is 30.2 Å². The highest BCUT2D eigenvalue weighted by Crippen LogP contribution is 2.43. The van der Waals surface area contributed by atoms with E-state index in [1.807, 2.05) is 40.9 Å². The average molecular weight is 511 g/mol. The van der Waals surface area contributed by atoms with Gasteiger partial charge in [-0.2, -0.15) is 0 Å². The SMILES string of the molecule is CN=C(NCc1nnc2ccccn12)NCC1(c2ccc(Cl)cc2)CCC1.I. The summed E-state index contributed by atoms with van der Waals surface area (Å²) >= 11 is 6.05. The number of benzene rings is 1. The Morgan fingerprint density at radius 2 is 1.93 bits per heavy atom. The Bertz CT molecular complexity index is 949. The molecule has 8 heteroatoms. The third kappa shape index (κ3) is 4.25. The van der Waals surface area contributed by atoms with E-state index in [4.69, 9.17) is 11.6 Å². The predicted octanol–water partition coefficient (Wildman–Crippen LogP) is 3.79. The number of aromatic nitrogens is 3. The van der Waals surface area contributed by atoms with Gasteiger partial charge in [-0.3, -0.25) is 9.39 Å². The van der Waals surface area contributed by atoms with Gasteiger partial charge < -0.3 is 10.6 Å². The molecular weight excluding hydrogens is 487 g/mol. The van der Waals surface area contributed by atoms with E-state index in [9.17, 15) is 0 Å². The quantitative estimate of drug-likeness (QED) is 0.311. The number of halogens is 2. The van der Waals surface area contributed by atoms with Crippen LogP contribution in [-0.4, -0.2) is 34.2 Å². The summed E-state index contributed by atoms with van der Waals surface area (Å²) < 4.78 is 1.97. The van der Waals surface area contributed by atoms with Gasteiger partial charge in [0.1, 0.15) is 0 Å². The van der Waals surface area contributed by atoms with Crippen LogP contribution in [0.25, 0.3) is 5.65 Å². The van der Waals surface area contributed by atoms with Crippen molar-refractivity contribution in [2.24, 2.45) is 4.99 Å². The van der Waals surface area contributed by atoms with Gasteiger partial charge in [0.25, 0.3) is 0 Å². The van der Waals surface area contributed by atoms with Crippen molar-refractivity contribution in [3.05, 3.63) is 65.1 Å². The van der Waals surface area contributed by atoms with Crippen molar-refractivity contribution >= 4 is 47.2 Å². The number of fused-ring (bicyclic) bond motifs is 1. The number of pyridine rings is 1. The molecule has 2 heterocycles. The van der Waals surface area contributed by atoms with Crippen LogP contribution >= 0.6 is 35.6 Å². The van der Waals surface area contributed by atoms with Crippen LogP contribution in [0.15, 0.2) is 53.7 Å². The van der Waals surface area contributed by atoms with Crippen molar-refractivity contribution in [1.29, 1.82) is 0 Å². The Morgan fingerprint density at radius 3 is 2.61 bits per heavy atom. The number of nitrogens with zero attached hydrogens (tertiary/aromatic N) is 4. The molecule has 0 aliphatic heterocycles. The van der Waals surface area contributed by atoms with E-state index < -0.39 is 0 Å². The third-order valence-corrected chi connectivity index (χ3v) is 5.64. The molecule has 1 aliphatic carbocycles. The first-order chi connectivity index (χ1) is 13.2. The lowest BCUT2D eigenvalue weighted by Gasteiger charge is -2.43. The standard InChI is InChI=1S/C20H23ClN6.HI/c1-22-19(23-13-18-26-25-17-5-2-3-12-27(17)18)24-14-20(10-4-11-20)15-6-8-16(21)9-7-15;/h2-3,5-9,12H,4,10-11,13-14H2,1H3,(H2,22,23,24);1H. The Morgan fingerprint density at radius 1 is 1.14 bits per heavy atom. The van der Waals surface area contributed by atoms with Crippen LogP contribution in [0.4, 0.5) is 0 Å². The molecule has 0 bridgehead atoms. The summed E-state index contributed by atoms with van der Waals surface area (Å²) in [5, 5.41) is 16.0. The van der Waals surface area contributed by atoms with Crippen LogP contribution in [0.5, 0.6) is 0 Å². The average Bonchev–Trinajstić information content (AvgIpc) is 3.08. The molecule has 0 unspecified atom stereocenters. The van der Waals surface area contributed by atoms with Gasteiger partial charge >= 0.3 is 0 Å². The molecule has 0 spiro atoms. The van der Waals surface area contributed by atoms with Crippen LogP contribution in [0, 0.1) is 0 Å². The minimum atomic E-state index is 0. The van der Waals surface area contributed by atoms with Crippen molar-refractivity contribution in [2.75, 3.05) is 13.6 Å². The third-order valence-electron chi connectivity index (χ3n) is 5.38. The molecule has 2 aromatic heterocycles. The number of rotatable bonds is 5. The fourth-order valence-electron chi connectivity index (χ4n) is 3.62. The largest absolute Gasteiger partial charge is 0.356 e. The normalized spacial score (nSPS) is 15.6. The summed E-state index contributed by atoms with van der Waals surface area (Å²) in [6.45, 7) is 1.40. The van der Waals surface area contributed by atoms with Gasteiger partial charge in [-0.1, -0.05) is 36.2 Å². The zero-order valence-corrected chi connectivity index (χ0v) is 18.8. The molecule has 4 rings (SSSR count). The molecule has 1 aliphatic rings. The maximum Gasteiger partial charge on any atom is 0.191 e. The van der Waals surface area contributed by atoms with Crippen LogP contribution < -0.4 is 10.6 Å². The summed E-state index contributed by atoms with van der Waals surface area (Å²) in [7, 11) is 1.78. The molecule has 28 heavy (non-hydrogen) atoms. The number of nitrogens with one attached hydrogen (secondary N) is 2. The molecule has 0 amide bonds. The van der Waals surface area contributed by atoms with E-state index in [0.29, 0.717) is 6.54 Å². The maximum absolute atomic E-state index is 6.05. The summed E-state index contributed by atoms with van der Waals surface area (Å²) in [5.74, 6) is 1.62. The highest BCUT2D eigenvalue weighted by molar-refractivity contribution is 14.0. The molecule has 1 saturated carbocycles. The van der Waals surface area contributed by atoms with Gasteiger partial charge in [-0.05, 0) is 42.7 Å². The minimum Gasteiger partial charge on any atom is -0.356 e. The van der Waals surface area contributed by atoms with E-state index in [0.717, 1.165) is 29.0 Å². The van der Waals surface area contributed by atoms with Crippen LogP contribution in [-0.2, 0) is 12.0 Å². The zero-order valence-electron chi connectivity index (χ0n) is 15.7. The van der Waals surface area contributed by atoms with Gasteiger partial charge in [0.2, 0.25) is 0 Å². The number of aliphatic imine (C=N–C) groups is 1. The summed E-state index contributed by atoms with van der Waals surface area (Å²) in [6, 6.07) is 14.1. The van der Waals surface area contributed by atoms with Crippen molar-refractivity contribution in [3.8, 4) is 0 Å². The van der Waals surface area contributed by atoms with Gasteiger partial charge in [-0.15, -0.1) is 34.2 Å². The van der Waals surface area contributed by atoms with E-state index >= 15 is 0 Å². The molecule has 0 atom stereocenters. The molecule has 148 valence electrons. The Kier molecular flexibility index (Phi) is 6.77. The highest BCUT2D eigenvalue weighted by atomic mass is 127. The first kappa shape index (κ1) is 20.9. The van der Waals surface area contributed by atoms with Crippen molar-refractivity contribution in [3.63, 3.8) is 0 Å². The van der Waals surface area contributed by atoms with Crippen molar-refractivity contribution in [2.45, 2.75) is 31.2 Å². The predicted molar refractivity (Wildman–Crippen MR) is 124 cm³/mol. The van der Waals surface area contributed by atoms with Gasteiger partial charge in [0.05, 0.1) is 6.54 Å². The second kappa shape index (κ2) is 9.09. The zero-order chi connectivity index (χ0) is 18.7. The van der Waals surface area contributed by atoms with Gasteiger partial charge in [-0.25, -0.2) is 0 Å². The topological polar surface area (TPSA) is 66.6 Å². The second-order valence-corrected chi connectivity index (χ2v) is 7.40. The maximum atomic E-state index is 6.05. The van der Waals surface area contributed by atoms with E-state index in [1.165, 1.54) is 24.8 Å². The number of guanidine groups is 1. The van der Waals surface area contributed by atoms with E-state index in [1.54, 1.807) is 7.05 Å². The lowest BCUT2D eigenvalue weighted by atomic mass is 9.64. The molecule has 6 nitrogen and oxygen atoms in total. The molecule has 2 N–H and O–H groups in total. The fourth-order valence-corrected chi connectivity index (χ4v) is 3.75. The molecule has 0 radical (unpaired) electrons. The second-order valence-electron chi connectivity index (χ2n) is 6.97. The van der Waals surface area contributed by atoms with Crippen LogP contribution in [0.1, 0.15) is 30.7 Å². The molecule has 3 aromatic rings. The van der Waals surface area contributed by atoms with Crippen molar-refractivity contribution in [1.82, 2.24) is 25.2 Å². The molecule has 1 aromatic carbocycles. The van der Waals surface area contributed by atoms with E-state index in [-0.39, 0.29) is 29.4 Å². The first-order valence-electron chi connectivity index (χ1n) is 9.19. The summed E-state index contributed by atoms with van der Waals surface area (Å²) in [4.78, 5) is 4.35. The summed E-state index contributed by atoms with van der Waals surface area (Å²) in [6.07, 6.45) is 5.56. The summed E-state index contributed by atoms with van der Waals surface area (Å²) in [5.41, 5.74) is 2.34. The first-order valence-corrected chi connectivity index (χ1v) is 9.57. The fraction of sp³-hybridized carbons (Fsp3) is 0.350. The Labute approximate surface area is 186 Å². The lowest BCUT2D eigenvalue weighted by molar-refractivity contribution is 0.244. The number of hydrogen-bond donors (Lipinski definition) is 2. The minimum absolute atomic E-state index is 0. The smallest absolute Gasteiger partial charge is 0.191 e. The highest BCUT2D eigenvalue weighted by Gasteiger charge is 2.38. The van der Waals surface area contributed by atoms with Crippen molar-refractivity contribution < 1.29 is 0 Å². The van der Waals surface area contributed by atoms with Crippen LogP contribution in [0.2, 0.25) is 5.02 Å². The van der Waals surface area contributed by atoms with Gasteiger partial charge in [0.15, 0.2) is 17.4 Å². The lowest BCUT2D eigenvalue weighted by Crippen LogP contribution is -2.48. The Balaban J connectivity index is 0.00000225. The molecular formula is C20H24ClIN6. The van der Waals surface area contributed by atoms with E-state index in [2.05, 4.69) is 38.0 Å².